The Hall–Kier alpha value is -1.08. The van der Waals surface area contributed by atoms with Crippen LogP contribution in [0.3, 0.4) is 0 Å². The lowest BCUT2D eigenvalue weighted by Crippen LogP contribution is -2.42. The second kappa shape index (κ2) is 5.04. The van der Waals surface area contributed by atoms with Crippen molar-refractivity contribution in [2.75, 3.05) is 11.5 Å². The standard InChI is InChI=1S/C13H16F3NO2S/c1-12(6-7-20(18,19)9-12)17-8-10-2-4-11(5-3-10)13(14,15)16/h2-5,17H,6-9H2,1H3. The zero-order valence-corrected chi connectivity index (χ0v) is 11.8. The zero-order valence-electron chi connectivity index (χ0n) is 11.0. The number of rotatable bonds is 3. The summed E-state index contributed by atoms with van der Waals surface area (Å²) in [6.45, 7) is 2.17. The summed E-state index contributed by atoms with van der Waals surface area (Å²) in [5.41, 5.74) is -0.485. The van der Waals surface area contributed by atoms with Gasteiger partial charge in [0.05, 0.1) is 17.1 Å². The molecule has 0 bridgehead atoms. The molecule has 1 atom stereocenters. The van der Waals surface area contributed by atoms with Gasteiger partial charge in [-0.1, -0.05) is 12.1 Å². The Balaban J connectivity index is 1.98. The van der Waals surface area contributed by atoms with Crippen LogP contribution in [0.5, 0.6) is 0 Å². The van der Waals surface area contributed by atoms with Crippen LogP contribution in [0.25, 0.3) is 0 Å². The van der Waals surface area contributed by atoms with Crippen LogP contribution in [0.1, 0.15) is 24.5 Å². The Morgan fingerprint density at radius 3 is 2.30 bits per heavy atom. The summed E-state index contributed by atoms with van der Waals surface area (Å²) in [7, 11) is -3.00. The molecule has 1 heterocycles. The maximum atomic E-state index is 12.4. The van der Waals surface area contributed by atoms with E-state index in [9.17, 15) is 21.6 Å². The van der Waals surface area contributed by atoms with E-state index in [1.54, 1.807) is 0 Å². The molecular weight excluding hydrogens is 291 g/mol. The Morgan fingerprint density at radius 1 is 1.25 bits per heavy atom. The maximum absolute atomic E-state index is 12.4. The minimum absolute atomic E-state index is 0.0701. The van der Waals surface area contributed by atoms with Gasteiger partial charge >= 0.3 is 6.18 Å². The lowest BCUT2D eigenvalue weighted by Gasteiger charge is -2.24. The maximum Gasteiger partial charge on any atom is 0.416 e. The predicted molar refractivity (Wildman–Crippen MR) is 70.0 cm³/mol. The fourth-order valence-electron chi connectivity index (χ4n) is 2.28. The van der Waals surface area contributed by atoms with Gasteiger partial charge in [-0.15, -0.1) is 0 Å². The first-order chi connectivity index (χ1) is 9.10. The first-order valence-corrected chi connectivity index (χ1v) is 8.03. The van der Waals surface area contributed by atoms with Crippen LogP contribution in [0, 0.1) is 0 Å². The summed E-state index contributed by atoms with van der Waals surface area (Å²) in [6, 6.07) is 4.88. The molecule has 0 spiro atoms. The molecule has 1 unspecified atom stereocenters. The smallest absolute Gasteiger partial charge is 0.306 e. The molecule has 20 heavy (non-hydrogen) atoms. The molecule has 0 aliphatic carbocycles. The number of hydrogen-bond donors (Lipinski definition) is 1. The molecule has 0 amide bonds. The lowest BCUT2D eigenvalue weighted by molar-refractivity contribution is -0.137. The van der Waals surface area contributed by atoms with E-state index in [-0.39, 0.29) is 11.5 Å². The molecule has 112 valence electrons. The number of hydrogen-bond acceptors (Lipinski definition) is 3. The van der Waals surface area contributed by atoms with Crippen molar-refractivity contribution >= 4 is 9.84 Å². The largest absolute Gasteiger partial charge is 0.416 e. The molecule has 1 aliphatic heterocycles. The van der Waals surface area contributed by atoms with Gasteiger partial charge < -0.3 is 5.32 Å². The summed E-state index contributed by atoms with van der Waals surface area (Å²) in [5, 5.41) is 3.13. The highest BCUT2D eigenvalue weighted by Gasteiger charge is 2.37. The van der Waals surface area contributed by atoms with Crippen LogP contribution in [0.2, 0.25) is 0 Å². The number of benzene rings is 1. The van der Waals surface area contributed by atoms with E-state index in [0.717, 1.165) is 12.1 Å². The molecule has 0 saturated carbocycles. The second-order valence-corrected chi connectivity index (χ2v) is 7.63. The minimum Gasteiger partial charge on any atom is -0.306 e. The molecule has 1 aliphatic rings. The molecular formula is C13H16F3NO2S. The van der Waals surface area contributed by atoms with E-state index in [1.807, 2.05) is 6.92 Å². The van der Waals surface area contributed by atoms with E-state index >= 15 is 0 Å². The van der Waals surface area contributed by atoms with E-state index < -0.39 is 27.1 Å². The van der Waals surface area contributed by atoms with Gasteiger partial charge in [0.1, 0.15) is 0 Å². The van der Waals surface area contributed by atoms with Crippen molar-refractivity contribution in [3.05, 3.63) is 35.4 Å². The molecule has 1 aromatic carbocycles. The molecule has 1 saturated heterocycles. The third-order valence-corrected chi connectivity index (χ3v) is 5.41. The average molecular weight is 307 g/mol. The number of nitrogens with one attached hydrogen (secondary N) is 1. The molecule has 0 aromatic heterocycles. The van der Waals surface area contributed by atoms with Crippen molar-refractivity contribution in [1.82, 2.24) is 5.32 Å². The van der Waals surface area contributed by atoms with Crippen molar-refractivity contribution in [2.45, 2.75) is 31.6 Å². The van der Waals surface area contributed by atoms with Crippen LogP contribution in [-0.4, -0.2) is 25.5 Å². The van der Waals surface area contributed by atoms with Crippen LogP contribution in [0.4, 0.5) is 13.2 Å². The minimum atomic E-state index is -4.34. The van der Waals surface area contributed by atoms with Crippen LogP contribution >= 0.6 is 0 Å². The highest BCUT2D eigenvalue weighted by atomic mass is 32.2. The van der Waals surface area contributed by atoms with Crippen LogP contribution < -0.4 is 5.32 Å². The second-order valence-electron chi connectivity index (χ2n) is 5.45. The Morgan fingerprint density at radius 2 is 1.85 bits per heavy atom. The molecule has 2 rings (SSSR count). The zero-order chi connectivity index (χ0) is 15.0. The van der Waals surface area contributed by atoms with Crippen molar-refractivity contribution < 1.29 is 21.6 Å². The van der Waals surface area contributed by atoms with E-state index in [4.69, 9.17) is 0 Å². The van der Waals surface area contributed by atoms with Gasteiger partial charge in [-0.25, -0.2) is 8.42 Å². The Labute approximate surface area is 116 Å². The molecule has 3 nitrogen and oxygen atoms in total. The monoisotopic (exact) mass is 307 g/mol. The Kier molecular flexibility index (Phi) is 3.85. The number of alkyl halides is 3. The SMILES string of the molecule is CC1(NCc2ccc(C(F)(F)F)cc2)CCS(=O)(=O)C1. The fourth-order valence-corrected chi connectivity index (χ4v) is 4.40. The quantitative estimate of drug-likeness (QED) is 0.932. The van der Waals surface area contributed by atoms with Crippen molar-refractivity contribution in [2.24, 2.45) is 0 Å². The van der Waals surface area contributed by atoms with Crippen molar-refractivity contribution in [3.63, 3.8) is 0 Å². The molecule has 1 fully saturated rings. The van der Waals surface area contributed by atoms with Crippen molar-refractivity contribution in [1.29, 1.82) is 0 Å². The summed E-state index contributed by atoms with van der Waals surface area (Å²) >= 11 is 0. The lowest BCUT2D eigenvalue weighted by atomic mass is 10.0. The van der Waals surface area contributed by atoms with E-state index in [2.05, 4.69) is 5.32 Å². The summed E-state index contributed by atoms with van der Waals surface area (Å²) in [4.78, 5) is 0. The first kappa shape index (κ1) is 15.3. The van der Waals surface area contributed by atoms with E-state index in [0.29, 0.717) is 18.5 Å². The van der Waals surface area contributed by atoms with Gasteiger partial charge in [0, 0.05) is 12.1 Å². The average Bonchev–Trinajstić information content (AvgIpc) is 2.61. The van der Waals surface area contributed by atoms with Gasteiger partial charge in [-0.3, -0.25) is 0 Å². The van der Waals surface area contributed by atoms with Crippen LogP contribution in [-0.2, 0) is 22.6 Å². The van der Waals surface area contributed by atoms with Gasteiger partial charge in [0.2, 0.25) is 0 Å². The molecule has 1 aromatic rings. The van der Waals surface area contributed by atoms with Gasteiger partial charge in [0.15, 0.2) is 9.84 Å². The summed E-state index contributed by atoms with van der Waals surface area (Å²) < 4.78 is 60.1. The number of sulfone groups is 1. The van der Waals surface area contributed by atoms with E-state index in [1.165, 1.54) is 12.1 Å². The third-order valence-electron chi connectivity index (χ3n) is 3.50. The molecule has 1 N–H and O–H groups in total. The normalized spacial score (nSPS) is 25.8. The molecule has 0 radical (unpaired) electrons. The topological polar surface area (TPSA) is 46.2 Å². The Bertz CT molecular complexity index is 581. The van der Waals surface area contributed by atoms with Crippen molar-refractivity contribution in [3.8, 4) is 0 Å². The predicted octanol–water partition coefficient (Wildman–Crippen LogP) is 2.37. The molecule has 7 heteroatoms. The van der Waals surface area contributed by atoms with Gasteiger partial charge in [0.25, 0.3) is 0 Å². The highest BCUT2D eigenvalue weighted by Crippen LogP contribution is 2.29. The summed E-state index contributed by atoms with van der Waals surface area (Å²) in [5.74, 6) is 0.226. The van der Waals surface area contributed by atoms with Gasteiger partial charge in [-0.2, -0.15) is 13.2 Å². The first-order valence-electron chi connectivity index (χ1n) is 6.21. The highest BCUT2D eigenvalue weighted by molar-refractivity contribution is 7.91. The fraction of sp³-hybridized carbons (Fsp3) is 0.538. The number of halogens is 3. The third kappa shape index (κ3) is 3.73. The summed E-state index contributed by atoms with van der Waals surface area (Å²) in [6.07, 6.45) is -3.81. The van der Waals surface area contributed by atoms with Crippen LogP contribution in [0.15, 0.2) is 24.3 Å². The van der Waals surface area contributed by atoms with Gasteiger partial charge in [-0.05, 0) is 31.0 Å².